The second kappa shape index (κ2) is 10.2. The molecule has 7 heteroatoms. The lowest BCUT2D eigenvalue weighted by atomic mass is 10.1. The van der Waals surface area contributed by atoms with Gasteiger partial charge in [0.15, 0.2) is 5.76 Å². The molecule has 160 valence electrons. The molecule has 0 spiro atoms. The minimum atomic E-state index is -0.672. The predicted molar refractivity (Wildman–Crippen MR) is 119 cm³/mol. The van der Waals surface area contributed by atoms with Crippen LogP contribution in [-0.4, -0.2) is 35.2 Å². The fraction of sp³-hybridized carbons (Fsp3) is 0.208. The lowest BCUT2D eigenvalue weighted by molar-refractivity contribution is -0.120. The van der Waals surface area contributed by atoms with Crippen molar-refractivity contribution in [2.45, 2.75) is 26.3 Å². The van der Waals surface area contributed by atoms with Gasteiger partial charge < -0.3 is 20.0 Å². The number of furan rings is 1. The van der Waals surface area contributed by atoms with Crippen molar-refractivity contribution in [1.29, 1.82) is 0 Å². The maximum absolute atomic E-state index is 13.2. The Morgan fingerprint density at radius 3 is 2.35 bits per heavy atom. The minimum Gasteiger partial charge on any atom is -0.459 e. The molecule has 1 atom stereocenters. The zero-order valence-electron chi connectivity index (χ0n) is 17.5. The van der Waals surface area contributed by atoms with Crippen molar-refractivity contribution in [2.24, 2.45) is 0 Å². The van der Waals surface area contributed by atoms with Crippen molar-refractivity contribution in [2.75, 3.05) is 17.2 Å². The van der Waals surface area contributed by atoms with Crippen LogP contribution in [0.2, 0.25) is 0 Å². The van der Waals surface area contributed by atoms with E-state index in [-0.39, 0.29) is 17.6 Å². The first-order chi connectivity index (χ1) is 15.0. The average Bonchev–Trinajstić information content (AvgIpc) is 3.33. The molecule has 3 aromatic rings. The fourth-order valence-corrected chi connectivity index (χ4v) is 3.12. The Hall–Kier alpha value is -3.87. The first kappa shape index (κ1) is 21.8. The number of para-hydroxylation sites is 1. The zero-order valence-corrected chi connectivity index (χ0v) is 17.5. The number of nitrogens with one attached hydrogen (secondary N) is 2. The molecule has 1 aromatic heterocycles. The van der Waals surface area contributed by atoms with Gasteiger partial charge in [-0.25, -0.2) is 0 Å². The van der Waals surface area contributed by atoms with Crippen LogP contribution < -0.4 is 10.6 Å². The number of benzene rings is 2. The van der Waals surface area contributed by atoms with Gasteiger partial charge in [-0.1, -0.05) is 31.2 Å². The molecular weight excluding hydrogens is 394 g/mol. The molecule has 0 aliphatic rings. The van der Waals surface area contributed by atoms with Gasteiger partial charge in [0.05, 0.1) is 6.26 Å². The Morgan fingerprint density at radius 1 is 0.935 bits per heavy atom. The van der Waals surface area contributed by atoms with Gasteiger partial charge in [0, 0.05) is 23.5 Å². The molecule has 0 aliphatic carbocycles. The normalized spacial score (nSPS) is 11.4. The van der Waals surface area contributed by atoms with E-state index in [1.165, 1.54) is 11.2 Å². The van der Waals surface area contributed by atoms with Crippen LogP contribution in [0.4, 0.5) is 11.4 Å². The molecule has 0 saturated carbocycles. The van der Waals surface area contributed by atoms with Crippen molar-refractivity contribution in [1.82, 2.24) is 4.90 Å². The third-order valence-electron chi connectivity index (χ3n) is 4.73. The molecule has 7 nitrogen and oxygen atoms in total. The summed E-state index contributed by atoms with van der Waals surface area (Å²) in [5, 5.41) is 5.55. The Morgan fingerprint density at radius 2 is 1.68 bits per heavy atom. The number of anilines is 2. The molecule has 0 radical (unpaired) electrons. The van der Waals surface area contributed by atoms with Crippen LogP contribution in [0.5, 0.6) is 0 Å². The molecule has 0 bridgehead atoms. The third-order valence-corrected chi connectivity index (χ3v) is 4.73. The van der Waals surface area contributed by atoms with Crippen molar-refractivity contribution >= 4 is 29.1 Å². The van der Waals surface area contributed by atoms with Crippen molar-refractivity contribution in [3.63, 3.8) is 0 Å². The molecule has 2 aromatic carbocycles. The van der Waals surface area contributed by atoms with E-state index in [0.29, 0.717) is 29.9 Å². The summed E-state index contributed by atoms with van der Waals surface area (Å²) in [6.45, 7) is 4.07. The maximum atomic E-state index is 13.2. The molecule has 0 fully saturated rings. The highest BCUT2D eigenvalue weighted by atomic mass is 16.3. The van der Waals surface area contributed by atoms with Gasteiger partial charge in [-0.15, -0.1) is 0 Å². The Labute approximate surface area is 181 Å². The molecule has 1 unspecified atom stereocenters. The second-order valence-electron chi connectivity index (χ2n) is 7.04. The van der Waals surface area contributed by atoms with Crippen molar-refractivity contribution in [3.8, 4) is 0 Å². The van der Waals surface area contributed by atoms with Gasteiger partial charge in [-0.3, -0.25) is 14.4 Å². The van der Waals surface area contributed by atoms with E-state index in [4.69, 9.17) is 4.42 Å². The Kier molecular flexibility index (Phi) is 7.22. The molecule has 0 aliphatic heterocycles. The van der Waals surface area contributed by atoms with Gasteiger partial charge in [0.2, 0.25) is 5.91 Å². The Balaban J connectivity index is 1.74. The smallest absolute Gasteiger partial charge is 0.291 e. The fourth-order valence-electron chi connectivity index (χ4n) is 3.12. The van der Waals surface area contributed by atoms with Gasteiger partial charge >= 0.3 is 0 Å². The van der Waals surface area contributed by atoms with Crippen LogP contribution >= 0.6 is 0 Å². The summed E-state index contributed by atoms with van der Waals surface area (Å²) in [6, 6.07) is 18.2. The molecule has 1 heterocycles. The largest absolute Gasteiger partial charge is 0.459 e. The number of carbonyl (C=O) groups excluding carboxylic acids is 3. The van der Waals surface area contributed by atoms with E-state index in [0.717, 1.165) is 0 Å². The summed E-state index contributed by atoms with van der Waals surface area (Å²) in [5.74, 6) is -0.784. The number of rotatable bonds is 8. The molecule has 2 N–H and O–H groups in total. The number of nitrogens with zero attached hydrogens (tertiary/aromatic N) is 1. The van der Waals surface area contributed by atoms with Crippen LogP contribution in [0, 0.1) is 0 Å². The van der Waals surface area contributed by atoms with Gasteiger partial charge in [0.1, 0.15) is 6.04 Å². The summed E-state index contributed by atoms with van der Waals surface area (Å²) in [4.78, 5) is 39.7. The average molecular weight is 419 g/mol. The molecule has 3 rings (SSSR count). The lowest BCUT2D eigenvalue weighted by Crippen LogP contribution is -2.46. The van der Waals surface area contributed by atoms with Gasteiger partial charge in [-0.2, -0.15) is 0 Å². The first-order valence-corrected chi connectivity index (χ1v) is 10.1. The van der Waals surface area contributed by atoms with E-state index < -0.39 is 11.9 Å². The summed E-state index contributed by atoms with van der Waals surface area (Å²) in [5.41, 5.74) is 1.51. The molecule has 0 saturated heterocycles. The van der Waals surface area contributed by atoms with Crippen LogP contribution in [0.3, 0.4) is 0 Å². The highest BCUT2D eigenvalue weighted by Gasteiger charge is 2.26. The standard InChI is InChI=1S/C24H25N3O4/c1-3-14-27(17(2)22(28)25-19-10-5-4-6-11-19)24(30)18-9-7-12-20(16-18)26-23(29)21-13-8-15-31-21/h4-13,15-17H,3,14H2,1-2H3,(H,25,28)(H,26,29). The van der Waals surface area contributed by atoms with Crippen LogP contribution in [0.25, 0.3) is 0 Å². The van der Waals surface area contributed by atoms with E-state index in [1.807, 2.05) is 25.1 Å². The maximum Gasteiger partial charge on any atom is 0.291 e. The van der Waals surface area contributed by atoms with Crippen LogP contribution in [-0.2, 0) is 4.79 Å². The summed E-state index contributed by atoms with van der Waals surface area (Å²) < 4.78 is 5.09. The van der Waals surface area contributed by atoms with E-state index in [1.54, 1.807) is 55.5 Å². The summed E-state index contributed by atoms with van der Waals surface area (Å²) in [6.07, 6.45) is 2.11. The highest BCUT2D eigenvalue weighted by Crippen LogP contribution is 2.17. The van der Waals surface area contributed by atoms with Crippen LogP contribution in [0.1, 0.15) is 41.2 Å². The SMILES string of the molecule is CCCN(C(=O)c1cccc(NC(=O)c2ccco2)c1)C(C)C(=O)Nc1ccccc1. The van der Waals surface area contributed by atoms with E-state index in [9.17, 15) is 14.4 Å². The van der Waals surface area contributed by atoms with E-state index >= 15 is 0 Å². The quantitative estimate of drug-likeness (QED) is 0.566. The zero-order chi connectivity index (χ0) is 22.2. The van der Waals surface area contributed by atoms with Gasteiger partial charge in [0.25, 0.3) is 11.8 Å². The van der Waals surface area contributed by atoms with E-state index in [2.05, 4.69) is 10.6 Å². The second-order valence-corrected chi connectivity index (χ2v) is 7.04. The number of amides is 3. The van der Waals surface area contributed by atoms with Crippen molar-refractivity contribution in [3.05, 3.63) is 84.3 Å². The summed E-state index contributed by atoms with van der Waals surface area (Å²) >= 11 is 0. The molecule has 31 heavy (non-hydrogen) atoms. The molecule has 3 amide bonds. The number of hydrogen-bond donors (Lipinski definition) is 2. The highest BCUT2D eigenvalue weighted by molar-refractivity contribution is 6.04. The predicted octanol–water partition coefficient (Wildman–Crippen LogP) is 4.41. The monoisotopic (exact) mass is 419 g/mol. The van der Waals surface area contributed by atoms with Gasteiger partial charge in [-0.05, 0) is 55.8 Å². The number of hydrogen-bond acceptors (Lipinski definition) is 4. The lowest BCUT2D eigenvalue weighted by Gasteiger charge is -2.28. The first-order valence-electron chi connectivity index (χ1n) is 10.1. The van der Waals surface area contributed by atoms with Crippen molar-refractivity contribution < 1.29 is 18.8 Å². The minimum absolute atomic E-state index is 0.176. The van der Waals surface area contributed by atoms with Crippen LogP contribution in [0.15, 0.2) is 77.4 Å². The topological polar surface area (TPSA) is 91.7 Å². The summed E-state index contributed by atoms with van der Waals surface area (Å²) in [7, 11) is 0. The number of carbonyl (C=O) groups is 3. The third kappa shape index (κ3) is 5.60. The molecular formula is C24H25N3O4. The Bertz CT molecular complexity index is 1030.